The second kappa shape index (κ2) is 8.70. The molecule has 1 saturated heterocycles. The van der Waals surface area contributed by atoms with Gasteiger partial charge in [-0.25, -0.2) is 0 Å². The van der Waals surface area contributed by atoms with Gasteiger partial charge in [-0.05, 0) is 62.2 Å². The van der Waals surface area contributed by atoms with Gasteiger partial charge in [-0.15, -0.1) is 0 Å². The Balaban J connectivity index is 1.30. The summed E-state index contributed by atoms with van der Waals surface area (Å²) in [6, 6.07) is 16.3. The van der Waals surface area contributed by atoms with Crippen LogP contribution in [0.5, 0.6) is 5.75 Å². The lowest BCUT2D eigenvalue weighted by molar-refractivity contribution is -0.127. The third kappa shape index (κ3) is 4.46. The molecule has 0 aliphatic carbocycles. The minimum atomic E-state index is -0.0261. The van der Waals surface area contributed by atoms with Gasteiger partial charge < -0.3 is 15.0 Å². The molecule has 1 amide bonds. The van der Waals surface area contributed by atoms with E-state index >= 15 is 0 Å². The predicted octanol–water partition coefficient (Wildman–Crippen LogP) is 4.27. The first-order valence-electron chi connectivity index (χ1n) is 10.4. The Morgan fingerprint density at radius 1 is 1.21 bits per heavy atom. The molecule has 29 heavy (non-hydrogen) atoms. The zero-order valence-corrected chi connectivity index (χ0v) is 17.2. The second-order valence-corrected chi connectivity index (χ2v) is 7.92. The van der Waals surface area contributed by atoms with Gasteiger partial charge in [0.2, 0.25) is 5.91 Å². The van der Waals surface area contributed by atoms with E-state index in [-0.39, 0.29) is 17.9 Å². The molecule has 0 radical (unpaired) electrons. The van der Waals surface area contributed by atoms with Crippen molar-refractivity contribution in [1.29, 1.82) is 0 Å². The van der Waals surface area contributed by atoms with E-state index in [1.165, 1.54) is 16.5 Å². The number of carbonyl (C=O) groups is 1. The van der Waals surface area contributed by atoms with Gasteiger partial charge in [-0.1, -0.05) is 30.3 Å². The number of piperidine rings is 1. The van der Waals surface area contributed by atoms with Gasteiger partial charge >= 0.3 is 0 Å². The molecular weight excluding hydrogens is 362 g/mol. The number of nitrogens with one attached hydrogen (secondary N) is 2. The fourth-order valence-corrected chi connectivity index (χ4v) is 4.18. The standard InChI is InChI=1S/C24H29N3O2/c1-17(19-6-5-7-21(14-19)29-2)26-24(28)18-10-12-27(13-11-18)16-20-15-25-23-9-4-3-8-22(20)23/h3-9,14-15,17-18,25H,10-13,16H2,1-2H3,(H,26,28). The first-order chi connectivity index (χ1) is 14.1. The molecule has 2 heterocycles. The number of amides is 1. The highest BCUT2D eigenvalue weighted by atomic mass is 16.5. The molecule has 0 bridgehead atoms. The Kier molecular flexibility index (Phi) is 5.86. The number of rotatable bonds is 6. The maximum absolute atomic E-state index is 12.8. The predicted molar refractivity (Wildman–Crippen MR) is 116 cm³/mol. The Bertz CT molecular complexity index is 973. The zero-order chi connectivity index (χ0) is 20.2. The molecule has 1 aliphatic heterocycles. The van der Waals surface area contributed by atoms with Crippen LogP contribution in [-0.4, -0.2) is 36.0 Å². The van der Waals surface area contributed by atoms with Crippen LogP contribution in [0, 0.1) is 5.92 Å². The van der Waals surface area contributed by atoms with E-state index in [0.717, 1.165) is 43.8 Å². The SMILES string of the molecule is COc1cccc(C(C)NC(=O)C2CCN(Cc3c[nH]c4ccccc34)CC2)c1. The molecule has 4 rings (SSSR count). The lowest BCUT2D eigenvalue weighted by Crippen LogP contribution is -2.40. The highest BCUT2D eigenvalue weighted by molar-refractivity contribution is 5.83. The summed E-state index contributed by atoms with van der Waals surface area (Å²) in [5, 5.41) is 4.47. The van der Waals surface area contributed by atoms with E-state index < -0.39 is 0 Å². The van der Waals surface area contributed by atoms with Crippen molar-refractivity contribution in [3.05, 3.63) is 65.9 Å². The van der Waals surface area contributed by atoms with Gasteiger partial charge in [-0.2, -0.15) is 0 Å². The summed E-state index contributed by atoms with van der Waals surface area (Å²) in [6.07, 6.45) is 3.91. The van der Waals surface area contributed by atoms with E-state index in [2.05, 4.69) is 45.7 Å². The van der Waals surface area contributed by atoms with Crippen molar-refractivity contribution in [1.82, 2.24) is 15.2 Å². The van der Waals surface area contributed by atoms with Gasteiger partial charge in [0.25, 0.3) is 0 Å². The number of H-pyrrole nitrogens is 1. The minimum absolute atomic E-state index is 0.0261. The summed E-state index contributed by atoms with van der Waals surface area (Å²) in [5.74, 6) is 1.06. The average molecular weight is 392 g/mol. The first-order valence-corrected chi connectivity index (χ1v) is 10.4. The summed E-state index contributed by atoms with van der Waals surface area (Å²) in [7, 11) is 1.66. The van der Waals surface area contributed by atoms with E-state index in [4.69, 9.17) is 4.74 Å². The van der Waals surface area contributed by atoms with E-state index in [1.807, 2.05) is 31.2 Å². The maximum Gasteiger partial charge on any atom is 0.223 e. The molecule has 1 aromatic heterocycles. The van der Waals surface area contributed by atoms with Crippen LogP contribution in [0.15, 0.2) is 54.7 Å². The van der Waals surface area contributed by atoms with Crippen LogP contribution in [0.4, 0.5) is 0 Å². The summed E-state index contributed by atoms with van der Waals surface area (Å²) in [5.41, 5.74) is 3.58. The molecule has 2 N–H and O–H groups in total. The largest absolute Gasteiger partial charge is 0.497 e. The number of fused-ring (bicyclic) bond motifs is 1. The van der Waals surface area contributed by atoms with Crippen molar-refractivity contribution in [2.75, 3.05) is 20.2 Å². The van der Waals surface area contributed by atoms with Crippen LogP contribution in [0.25, 0.3) is 10.9 Å². The van der Waals surface area contributed by atoms with E-state index in [9.17, 15) is 4.79 Å². The Hall–Kier alpha value is -2.79. The number of hydrogen-bond acceptors (Lipinski definition) is 3. The number of para-hydroxylation sites is 1. The number of ether oxygens (including phenoxy) is 1. The number of benzene rings is 2. The number of aromatic amines is 1. The summed E-state index contributed by atoms with van der Waals surface area (Å²) < 4.78 is 5.29. The van der Waals surface area contributed by atoms with Crippen LogP contribution >= 0.6 is 0 Å². The molecule has 0 spiro atoms. The van der Waals surface area contributed by atoms with Crippen molar-refractivity contribution < 1.29 is 9.53 Å². The molecule has 0 saturated carbocycles. The molecule has 2 aromatic carbocycles. The zero-order valence-electron chi connectivity index (χ0n) is 17.2. The van der Waals surface area contributed by atoms with Gasteiger partial charge in [0.05, 0.1) is 13.2 Å². The average Bonchev–Trinajstić information content (AvgIpc) is 3.17. The Morgan fingerprint density at radius 3 is 2.79 bits per heavy atom. The third-order valence-electron chi connectivity index (χ3n) is 5.98. The van der Waals surface area contributed by atoms with Crippen molar-refractivity contribution in [2.45, 2.75) is 32.4 Å². The number of aromatic nitrogens is 1. The lowest BCUT2D eigenvalue weighted by atomic mass is 9.94. The molecule has 3 aromatic rings. The fourth-order valence-electron chi connectivity index (χ4n) is 4.18. The smallest absolute Gasteiger partial charge is 0.223 e. The fraction of sp³-hybridized carbons (Fsp3) is 0.375. The van der Waals surface area contributed by atoms with Crippen molar-refractivity contribution in [3.63, 3.8) is 0 Å². The number of nitrogens with zero attached hydrogens (tertiary/aromatic N) is 1. The second-order valence-electron chi connectivity index (χ2n) is 7.92. The maximum atomic E-state index is 12.8. The summed E-state index contributed by atoms with van der Waals surface area (Å²) in [4.78, 5) is 18.6. The third-order valence-corrected chi connectivity index (χ3v) is 5.98. The van der Waals surface area contributed by atoms with Gasteiger partial charge in [0, 0.05) is 29.6 Å². The lowest BCUT2D eigenvalue weighted by Gasteiger charge is -2.31. The highest BCUT2D eigenvalue weighted by Gasteiger charge is 2.26. The van der Waals surface area contributed by atoms with Crippen LogP contribution in [0.1, 0.15) is 36.9 Å². The number of likely N-dealkylation sites (tertiary alicyclic amines) is 1. The van der Waals surface area contributed by atoms with E-state index in [1.54, 1.807) is 7.11 Å². The molecule has 5 heteroatoms. The van der Waals surface area contributed by atoms with Gasteiger partial charge in [0.1, 0.15) is 5.75 Å². The van der Waals surface area contributed by atoms with Crippen LogP contribution in [-0.2, 0) is 11.3 Å². The molecule has 1 unspecified atom stereocenters. The number of hydrogen-bond donors (Lipinski definition) is 2. The quantitative estimate of drug-likeness (QED) is 0.660. The van der Waals surface area contributed by atoms with Gasteiger partial charge in [0.15, 0.2) is 0 Å². The van der Waals surface area contributed by atoms with Crippen molar-refractivity contribution in [2.24, 2.45) is 5.92 Å². The topological polar surface area (TPSA) is 57.4 Å². The molecule has 1 aliphatic rings. The number of methoxy groups -OCH3 is 1. The molecule has 5 nitrogen and oxygen atoms in total. The first kappa shape index (κ1) is 19.5. The van der Waals surface area contributed by atoms with Crippen LogP contribution in [0.2, 0.25) is 0 Å². The molecular formula is C24H29N3O2. The van der Waals surface area contributed by atoms with Crippen LogP contribution in [0.3, 0.4) is 0 Å². The normalized spacial score (nSPS) is 16.6. The summed E-state index contributed by atoms with van der Waals surface area (Å²) >= 11 is 0. The van der Waals surface area contributed by atoms with Crippen LogP contribution < -0.4 is 10.1 Å². The van der Waals surface area contributed by atoms with Gasteiger partial charge in [-0.3, -0.25) is 9.69 Å². The Labute approximate surface area is 172 Å². The monoisotopic (exact) mass is 391 g/mol. The highest BCUT2D eigenvalue weighted by Crippen LogP contribution is 2.24. The van der Waals surface area contributed by atoms with E-state index in [0.29, 0.717) is 0 Å². The number of carbonyl (C=O) groups excluding carboxylic acids is 1. The van der Waals surface area contributed by atoms with Crippen molar-refractivity contribution in [3.8, 4) is 5.75 Å². The minimum Gasteiger partial charge on any atom is -0.497 e. The molecule has 152 valence electrons. The molecule has 1 atom stereocenters. The summed E-state index contributed by atoms with van der Waals surface area (Å²) in [6.45, 7) is 4.85. The van der Waals surface area contributed by atoms with Crippen molar-refractivity contribution >= 4 is 16.8 Å². The molecule has 1 fully saturated rings. The Morgan fingerprint density at radius 2 is 2.00 bits per heavy atom.